The highest BCUT2D eigenvalue weighted by atomic mass is 17.2. The van der Waals surface area contributed by atoms with Crippen molar-refractivity contribution in [2.75, 3.05) is 47.3 Å². The zero-order valence-corrected chi connectivity index (χ0v) is 18.3. The fraction of sp³-hybridized carbons (Fsp3) is 0.619. The van der Waals surface area contributed by atoms with Crippen molar-refractivity contribution in [3.8, 4) is 0 Å². The third kappa shape index (κ3) is 5.62. The van der Waals surface area contributed by atoms with Crippen LogP contribution in [0.1, 0.15) is 33.6 Å². The highest BCUT2D eigenvalue weighted by Crippen LogP contribution is 2.40. The second kappa shape index (κ2) is 11.7. The zero-order chi connectivity index (χ0) is 22.1. The van der Waals surface area contributed by atoms with Gasteiger partial charge in [-0.3, -0.25) is 0 Å². The second-order valence-corrected chi connectivity index (χ2v) is 6.87. The number of carbonyl (C=O) groups is 2. The molecular weight excluding hydrogens is 394 g/mol. The molecule has 168 valence electrons. The monoisotopic (exact) mass is 425 g/mol. The molecule has 0 unspecified atom stereocenters. The summed E-state index contributed by atoms with van der Waals surface area (Å²) < 4.78 is 20.7. The summed E-state index contributed by atoms with van der Waals surface area (Å²) in [4.78, 5) is 36.7. The molecule has 2 aliphatic rings. The van der Waals surface area contributed by atoms with Gasteiger partial charge in [0.1, 0.15) is 13.2 Å². The fourth-order valence-electron chi connectivity index (χ4n) is 3.44. The lowest BCUT2D eigenvalue weighted by Gasteiger charge is -2.33. The third-order valence-corrected chi connectivity index (χ3v) is 4.91. The summed E-state index contributed by atoms with van der Waals surface area (Å²) >= 11 is 0. The molecule has 0 saturated heterocycles. The largest absolute Gasteiger partial charge is 0.460 e. The van der Waals surface area contributed by atoms with E-state index in [2.05, 4.69) is 5.32 Å². The third-order valence-electron chi connectivity index (χ3n) is 4.91. The zero-order valence-electron chi connectivity index (χ0n) is 18.3. The molecule has 0 bridgehead atoms. The van der Waals surface area contributed by atoms with Crippen LogP contribution in [-0.2, 0) is 38.3 Å². The Labute approximate surface area is 176 Å². The first kappa shape index (κ1) is 23.9. The average molecular weight is 425 g/mol. The molecule has 0 radical (unpaired) electrons. The summed E-state index contributed by atoms with van der Waals surface area (Å²) in [5.41, 5.74) is 2.68. The molecule has 0 aliphatic carbocycles. The van der Waals surface area contributed by atoms with Crippen molar-refractivity contribution in [1.82, 2.24) is 5.32 Å². The van der Waals surface area contributed by atoms with Gasteiger partial charge in [0.05, 0.1) is 36.9 Å². The molecule has 2 aliphatic heterocycles. The van der Waals surface area contributed by atoms with E-state index in [1.165, 1.54) is 14.2 Å². The lowest BCUT2D eigenvalue weighted by molar-refractivity contribution is -0.275. The maximum absolute atomic E-state index is 13.0. The van der Waals surface area contributed by atoms with E-state index in [0.29, 0.717) is 36.6 Å². The number of esters is 2. The van der Waals surface area contributed by atoms with Gasteiger partial charge in [-0.2, -0.15) is 4.89 Å². The van der Waals surface area contributed by atoms with Gasteiger partial charge in [-0.1, -0.05) is 6.92 Å². The highest BCUT2D eigenvalue weighted by Gasteiger charge is 2.42. The topological polar surface area (TPSA) is 102 Å². The normalized spacial score (nSPS) is 17.6. The molecule has 1 N–H and O–H groups in total. The summed E-state index contributed by atoms with van der Waals surface area (Å²) in [6.45, 7) is 6.62. The minimum atomic E-state index is -0.799. The van der Waals surface area contributed by atoms with Crippen LogP contribution in [0.5, 0.6) is 0 Å². The van der Waals surface area contributed by atoms with Crippen LogP contribution in [0.3, 0.4) is 0 Å². The number of ether oxygens (including phenoxy) is 4. The lowest BCUT2D eigenvalue weighted by atomic mass is 9.81. The summed E-state index contributed by atoms with van der Waals surface area (Å²) in [5.74, 6) is -1.49. The Hall–Kier alpha value is -2.36. The van der Waals surface area contributed by atoms with Crippen molar-refractivity contribution in [2.24, 2.45) is 5.92 Å². The Morgan fingerprint density at radius 2 is 1.50 bits per heavy atom. The Morgan fingerprint density at radius 3 is 1.97 bits per heavy atom. The van der Waals surface area contributed by atoms with Crippen LogP contribution in [0, 0.1) is 5.92 Å². The molecule has 2 rings (SSSR count). The Kier molecular flexibility index (Phi) is 9.35. The van der Waals surface area contributed by atoms with Crippen LogP contribution in [0.25, 0.3) is 0 Å². The smallest absolute Gasteiger partial charge is 0.336 e. The van der Waals surface area contributed by atoms with E-state index in [-0.39, 0.29) is 37.6 Å². The molecule has 0 amide bonds. The molecule has 0 saturated carbocycles. The molecule has 0 spiro atoms. The first-order valence-electron chi connectivity index (χ1n) is 9.98. The highest BCUT2D eigenvalue weighted by molar-refractivity contribution is 5.98. The molecule has 0 atom stereocenters. The standard InChI is InChI=1S/C21H31NO8/c1-6-15-7-8-29-30-19(15)18-16(20(23)27-11-9-25-4)13(2)22-14(3)17(18)21(24)28-12-10-26-5/h18,22H,6-12H2,1-5H3. The second-order valence-electron chi connectivity index (χ2n) is 6.87. The van der Waals surface area contributed by atoms with Gasteiger partial charge in [0.2, 0.25) is 0 Å². The summed E-state index contributed by atoms with van der Waals surface area (Å²) in [5, 5.41) is 3.10. The summed E-state index contributed by atoms with van der Waals surface area (Å²) in [7, 11) is 3.05. The van der Waals surface area contributed by atoms with Gasteiger partial charge in [-0.15, -0.1) is 0 Å². The van der Waals surface area contributed by atoms with Crippen LogP contribution in [0.4, 0.5) is 0 Å². The van der Waals surface area contributed by atoms with Crippen LogP contribution < -0.4 is 5.32 Å². The maximum Gasteiger partial charge on any atom is 0.336 e. The predicted molar refractivity (Wildman–Crippen MR) is 107 cm³/mol. The Bertz CT molecular complexity index is 693. The van der Waals surface area contributed by atoms with Crippen molar-refractivity contribution >= 4 is 11.9 Å². The number of hydrogen-bond acceptors (Lipinski definition) is 9. The Balaban J connectivity index is 2.49. The SMILES string of the molecule is CCC1=C(C2C(C(=O)OCCOC)=C(C)NC(C)=C2C(=O)OCCOC)OOCC1. The molecule has 2 heterocycles. The van der Waals surface area contributed by atoms with Gasteiger partial charge in [0, 0.05) is 25.6 Å². The van der Waals surface area contributed by atoms with Gasteiger partial charge in [0.25, 0.3) is 0 Å². The van der Waals surface area contributed by atoms with E-state index in [1.807, 2.05) is 6.92 Å². The van der Waals surface area contributed by atoms with E-state index in [1.54, 1.807) is 13.8 Å². The predicted octanol–water partition coefficient (Wildman–Crippen LogP) is 2.15. The van der Waals surface area contributed by atoms with Crippen molar-refractivity contribution in [2.45, 2.75) is 33.6 Å². The summed E-state index contributed by atoms with van der Waals surface area (Å²) in [6.07, 6.45) is 1.34. The molecule has 0 aromatic carbocycles. The van der Waals surface area contributed by atoms with Crippen LogP contribution in [0.15, 0.2) is 33.9 Å². The molecule has 9 nitrogen and oxygen atoms in total. The number of nitrogens with one attached hydrogen (secondary N) is 1. The average Bonchev–Trinajstić information content (AvgIpc) is 2.73. The van der Waals surface area contributed by atoms with E-state index < -0.39 is 17.9 Å². The first-order chi connectivity index (χ1) is 14.5. The van der Waals surface area contributed by atoms with E-state index in [4.69, 9.17) is 28.7 Å². The number of hydrogen-bond donors (Lipinski definition) is 1. The Morgan fingerprint density at radius 1 is 0.967 bits per heavy atom. The molecule has 0 aromatic heterocycles. The fourth-order valence-corrected chi connectivity index (χ4v) is 3.44. The van der Waals surface area contributed by atoms with E-state index >= 15 is 0 Å². The summed E-state index contributed by atoms with van der Waals surface area (Å²) in [6, 6.07) is 0. The van der Waals surface area contributed by atoms with Gasteiger partial charge < -0.3 is 29.2 Å². The van der Waals surface area contributed by atoms with Crippen molar-refractivity contribution < 1.29 is 38.3 Å². The van der Waals surface area contributed by atoms with Crippen molar-refractivity contribution in [3.05, 3.63) is 33.9 Å². The number of methoxy groups -OCH3 is 2. The minimum Gasteiger partial charge on any atom is -0.460 e. The van der Waals surface area contributed by atoms with E-state index in [0.717, 1.165) is 5.57 Å². The number of allylic oxidation sites excluding steroid dienone is 3. The quantitative estimate of drug-likeness (QED) is 0.320. The molecule has 9 heteroatoms. The van der Waals surface area contributed by atoms with Gasteiger partial charge >= 0.3 is 11.9 Å². The van der Waals surface area contributed by atoms with Crippen LogP contribution in [-0.4, -0.2) is 59.2 Å². The van der Waals surface area contributed by atoms with Gasteiger partial charge in [-0.25, -0.2) is 9.59 Å². The van der Waals surface area contributed by atoms with Gasteiger partial charge in [-0.05, 0) is 32.3 Å². The number of rotatable bonds is 10. The molecule has 0 fully saturated rings. The van der Waals surface area contributed by atoms with Crippen LogP contribution >= 0.6 is 0 Å². The molecule has 0 aromatic rings. The van der Waals surface area contributed by atoms with Gasteiger partial charge in [0.15, 0.2) is 5.76 Å². The van der Waals surface area contributed by atoms with E-state index in [9.17, 15) is 9.59 Å². The number of dihydropyridines is 1. The first-order valence-corrected chi connectivity index (χ1v) is 9.98. The minimum absolute atomic E-state index is 0.0895. The molecular formula is C21H31NO8. The number of carbonyl (C=O) groups excluding carboxylic acids is 2. The lowest BCUT2D eigenvalue weighted by Crippen LogP contribution is -2.36. The van der Waals surface area contributed by atoms with Crippen LogP contribution in [0.2, 0.25) is 0 Å². The molecule has 30 heavy (non-hydrogen) atoms. The van der Waals surface area contributed by atoms with Crippen molar-refractivity contribution in [1.29, 1.82) is 0 Å². The van der Waals surface area contributed by atoms with Crippen molar-refractivity contribution in [3.63, 3.8) is 0 Å². The maximum atomic E-state index is 13.0.